The highest BCUT2D eigenvalue weighted by Crippen LogP contribution is 2.28. The van der Waals surface area contributed by atoms with E-state index in [0.717, 1.165) is 16.9 Å². The number of anilines is 1. The zero-order chi connectivity index (χ0) is 12.4. The molecule has 90 valence electrons. The second-order valence-electron chi connectivity index (χ2n) is 3.78. The lowest BCUT2D eigenvalue weighted by Crippen LogP contribution is -2.05. The number of benzene rings is 1. The van der Waals surface area contributed by atoms with Crippen molar-refractivity contribution < 1.29 is 0 Å². The predicted molar refractivity (Wildman–Crippen MR) is 69.5 cm³/mol. The molecule has 0 aliphatic carbocycles. The maximum Gasteiger partial charge on any atom is 0.0774 e. The summed E-state index contributed by atoms with van der Waals surface area (Å²) in [5.41, 5.74) is 2.74. The molecule has 4 nitrogen and oxygen atoms in total. The van der Waals surface area contributed by atoms with E-state index in [0.29, 0.717) is 16.6 Å². The molecule has 0 aliphatic rings. The Morgan fingerprint density at radius 3 is 2.71 bits per heavy atom. The number of hydrogen-bond donors (Lipinski definition) is 1. The summed E-state index contributed by atoms with van der Waals surface area (Å²) in [6, 6.07) is 3.66. The zero-order valence-electron chi connectivity index (χ0n) is 9.54. The minimum atomic E-state index is 0.600. The molecule has 0 atom stereocenters. The second kappa shape index (κ2) is 4.94. The first-order valence-electron chi connectivity index (χ1n) is 5.11. The standard InChI is InChI=1S/C11H12Cl2N4/c1-7-3-10(13)11(4-9(7)12)14-5-8-6-15-16-17(8)2/h3-4,6,14H,5H2,1-2H3. The van der Waals surface area contributed by atoms with Gasteiger partial charge in [-0.15, -0.1) is 5.10 Å². The molecule has 2 aromatic rings. The normalized spacial score (nSPS) is 10.6. The van der Waals surface area contributed by atoms with Gasteiger partial charge in [0.1, 0.15) is 0 Å². The maximum absolute atomic E-state index is 6.12. The van der Waals surface area contributed by atoms with Crippen LogP contribution < -0.4 is 5.32 Å². The van der Waals surface area contributed by atoms with Gasteiger partial charge in [0, 0.05) is 12.1 Å². The maximum atomic E-state index is 6.12. The highest BCUT2D eigenvalue weighted by Gasteiger charge is 2.05. The van der Waals surface area contributed by atoms with Crippen molar-refractivity contribution in [2.75, 3.05) is 5.32 Å². The number of halogens is 2. The van der Waals surface area contributed by atoms with Crippen molar-refractivity contribution in [3.8, 4) is 0 Å². The van der Waals surface area contributed by atoms with E-state index < -0.39 is 0 Å². The number of aromatic nitrogens is 3. The average molecular weight is 271 g/mol. The van der Waals surface area contributed by atoms with Crippen molar-refractivity contribution in [3.05, 3.63) is 39.6 Å². The third-order valence-electron chi connectivity index (χ3n) is 2.52. The Balaban J connectivity index is 2.14. The van der Waals surface area contributed by atoms with Gasteiger partial charge in [-0.25, -0.2) is 0 Å². The Labute approximate surface area is 110 Å². The first-order chi connectivity index (χ1) is 8.08. The minimum Gasteiger partial charge on any atom is -0.378 e. The smallest absolute Gasteiger partial charge is 0.0774 e. The van der Waals surface area contributed by atoms with Crippen LogP contribution in [0.3, 0.4) is 0 Å². The van der Waals surface area contributed by atoms with Gasteiger partial charge in [0.05, 0.1) is 29.1 Å². The monoisotopic (exact) mass is 270 g/mol. The van der Waals surface area contributed by atoms with E-state index >= 15 is 0 Å². The van der Waals surface area contributed by atoms with Gasteiger partial charge in [0.25, 0.3) is 0 Å². The van der Waals surface area contributed by atoms with Crippen molar-refractivity contribution in [2.45, 2.75) is 13.5 Å². The summed E-state index contributed by atoms with van der Waals surface area (Å²) >= 11 is 12.2. The Morgan fingerprint density at radius 1 is 1.29 bits per heavy atom. The van der Waals surface area contributed by atoms with Crippen LogP contribution in [-0.2, 0) is 13.6 Å². The van der Waals surface area contributed by atoms with E-state index in [9.17, 15) is 0 Å². The number of rotatable bonds is 3. The highest BCUT2D eigenvalue weighted by atomic mass is 35.5. The third kappa shape index (κ3) is 2.70. The molecule has 0 unspecified atom stereocenters. The zero-order valence-corrected chi connectivity index (χ0v) is 11.0. The molecule has 1 aromatic carbocycles. The number of aryl methyl sites for hydroxylation is 2. The molecule has 2 rings (SSSR count). The van der Waals surface area contributed by atoms with E-state index in [4.69, 9.17) is 23.2 Å². The van der Waals surface area contributed by atoms with E-state index in [1.54, 1.807) is 10.9 Å². The van der Waals surface area contributed by atoms with Crippen molar-refractivity contribution >= 4 is 28.9 Å². The molecule has 0 saturated heterocycles. The summed E-state index contributed by atoms with van der Waals surface area (Å²) in [5, 5.41) is 12.2. The van der Waals surface area contributed by atoms with Gasteiger partial charge in [-0.05, 0) is 24.6 Å². The second-order valence-corrected chi connectivity index (χ2v) is 4.60. The number of nitrogens with one attached hydrogen (secondary N) is 1. The van der Waals surface area contributed by atoms with Crippen molar-refractivity contribution in [2.24, 2.45) is 7.05 Å². The van der Waals surface area contributed by atoms with Gasteiger partial charge in [0.2, 0.25) is 0 Å². The van der Waals surface area contributed by atoms with Crippen molar-refractivity contribution in [1.82, 2.24) is 15.0 Å². The fourth-order valence-corrected chi connectivity index (χ4v) is 1.89. The predicted octanol–water partition coefficient (Wildman–Crippen LogP) is 3.04. The summed E-state index contributed by atoms with van der Waals surface area (Å²) in [7, 11) is 1.84. The van der Waals surface area contributed by atoms with Crippen LogP contribution in [0.2, 0.25) is 10.0 Å². The van der Waals surface area contributed by atoms with Crippen LogP contribution in [-0.4, -0.2) is 15.0 Å². The van der Waals surface area contributed by atoms with Crippen LogP contribution in [0.5, 0.6) is 0 Å². The Morgan fingerprint density at radius 2 is 2.06 bits per heavy atom. The molecule has 0 spiro atoms. The average Bonchev–Trinajstić information content (AvgIpc) is 2.68. The summed E-state index contributed by atoms with van der Waals surface area (Å²) in [6.07, 6.45) is 1.71. The van der Waals surface area contributed by atoms with E-state index in [2.05, 4.69) is 15.6 Å². The van der Waals surface area contributed by atoms with Crippen molar-refractivity contribution in [1.29, 1.82) is 0 Å². The SMILES string of the molecule is Cc1cc(Cl)c(NCc2cnnn2C)cc1Cl. The molecule has 6 heteroatoms. The summed E-state index contributed by atoms with van der Waals surface area (Å²) in [4.78, 5) is 0. The topological polar surface area (TPSA) is 42.7 Å². The Kier molecular flexibility index (Phi) is 3.54. The summed E-state index contributed by atoms with van der Waals surface area (Å²) in [5.74, 6) is 0. The molecule has 0 bridgehead atoms. The molecule has 1 N–H and O–H groups in total. The van der Waals surface area contributed by atoms with Gasteiger partial charge in [-0.2, -0.15) is 0 Å². The lowest BCUT2D eigenvalue weighted by Gasteiger charge is -2.10. The van der Waals surface area contributed by atoms with E-state index in [1.807, 2.05) is 26.1 Å². The summed E-state index contributed by atoms with van der Waals surface area (Å²) in [6.45, 7) is 2.52. The molecule has 1 aromatic heterocycles. The molecule has 0 radical (unpaired) electrons. The molecular weight excluding hydrogens is 259 g/mol. The van der Waals surface area contributed by atoms with Crippen LogP contribution in [0.15, 0.2) is 18.3 Å². The Hall–Kier alpha value is -1.26. The number of nitrogens with zero attached hydrogens (tertiary/aromatic N) is 3. The van der Waals surface area contributed by atoms with Crippen molar-refractivity contribution in [3.63, 3.8) is 0 Å². The van der Waals surface area contributed by atoms with Crippen LogP contribution in [0, 0.1) is 6.92 Å². The molecule has 1 heterocycles. The highest BCUT2D eigenvalue weighted by molar-refractivity contribution is 6.35. The molecule has 0 fully saturated rings. The molecule has 0 saturated carbocycles. The fraction of sp³-hybridized carbons (Fsp3) is 0.273. The largest absolute Gasteiger partial charge is 0.378 e. The molecule has 0 amide bonds. The molecular formula is C11H12Cl2N4. The Bertz CT molecular complexity index is 536. The third-order valence-corrected chi connectivity index (χ3v) is 3.24. The fourth-order valence-electron chi connectivity index (χ4n) is 1.44. The molecule has 17 heavy (non-hydrogen) atoms. The number of hydrogen-bond acceptors (Lipinski definition) is 3. The van der Waals surface area contributed by atoms with Gasteiger partial charge in [-0.1, -0.05) is 28.4 Å². The van der Waals surface area contributed by atoms with Gasteiger partial charge < -0.3 is 5.32 Å². The minimum absolute atomic E-state index is 0.600. The van der Waals surface area contributed by atoms with E-state index in [1.165, 1.54) is 0 Å². The van der Waals surface area contributed by atoms with Crippen LogP contribution in [0.1, 0.15) is 11.3 Å². The van der Waals surface area contributed by atoms with Crippen LogP contribution in [0.25, 0.3) is 0 Å². The summed E-state index contributed by atoms with van der Waals surface area (Å²) < 4.78 is 1.71. The van der Waals surface area contributed by atoms with Gasteiger partial charge in [0.15, 0.2) is 0 Å². The first kappa shape index (κ1) is 12.2. The lowest BCUT2D eigenvalue weighted by atomic mass is 10.2. The van der Waals surface area contributed by atoms with Gasteiger partial charge in [-0.3, -0.25) is 4.68 Å². The van der Waals surface area contributed by atoms with E-state index in [-0.39, 0.29) is 0 Å². The first-order valence-corrected chi connectivity index (χ1v) is 5.86. The van der Waals surface area contributed by atoms with Gasteiger partial charge >= 0.3 is 0 Å². The quantitative estimate of drug-likeness (QED) is 0.933. The van der Waals surface area contributed by atoms with Crippen LogP contribution >= 0.6 is 23.2 Å². The lowest BCUT2D eigenvalue weighted by molar-refractivity contribution is 0.683. The molecule has 0 aliphatic heterocycles. The van der Waals surface area contributed by atoms with Crippen LogP contribution in [0.4, 0.5) is 5.69 Å².